The summed E-state index contributed by atoms with van der Waals surface area (Å²) in [6.07, 6.45) is 1.74. The van der Waals surface area contributed by atoms with Gasteiger partial charge in [0.15, 0.2) is 0 Å². The summed E-state index contributed by atoms with van der Waals surface area (Å²) in [5, 5.41) is 4.21. The lowest BCUT2D eigenvalue weighted by Crippen LogP contribution is -2.30. The van der Waals surface area contributed by atoms with Crippen LogP contribution >= 0.6 is 11.3 Å². The molecular weight excluding hydrogens is 260 g/mol. The minimum absolute atomic E-state index is 0.0427. The van der Waals surface area contributed by atoms with Crippen molar-refractivity contribution >= 4 is 29.2 Å². The Labute approximate surface area is 114 Å². The minimum atomic E-state index is -0.789. The number of benzene rings is 1. The van der Waals surface area contributed by atoms with E-state index < -0.39 is 6.03 Å². The molecule has 0 aliphatic carbocycles. The van der Waals surface area contributed by atoms with Gasteiger partial charge in [0.25, 0.3) is 6.29 Å². The summed E-state index contributed by atoms with van der Waals surface area (Å²) in [7, 11) is 0. The molecular formula is C14H11N2O2S. The van der Waals surface area contributed by atoms with Crippen LogP contribution in [0.25, 0.3) is 5.57 Å². The lowest BCUT2D eigenvalue weighted by atomic mass is 10.0. The standard InChI is InChI=1S/C14H11N2O2S/c15-14(18)16-11(9-17)13(12-7-4-8-19-12)10-5-2-1-3-6-10/h1-8H,(H3,15,16,18). The van der Waals surface area contributed by atoms with Gasteiger partial charge in [-0.05, 0) is 17.0 Å². The summed E-state index contributed by atoms with van der Waals surface area (Å²) < 4.78 is 0. The van der Waals surface area contributed by atoms with Crippen LogP contribution in [0.2, 0.25) is 0 Å². The summed E-state index contributed by atoms with van der Waals surface area (Å²) >= 11 is 1.47. The summed E-state index contributed by atoms with van der Waals surface area (Å²) in [6.45, 7) is 0. The van der Waals surface area contributed by atoms with E-state index in [1.807, 2.05) is 47.8 Å². The lowest BCUT2D eigenvalue weighted by molar-refractivity contribution is 0.251. The minimum Gasteiger partial charge on any atom is -0.351 e. The van der Waals surface area contributed by atoms with Crippen molar-refractivity contribution in [2.45, 2.75) is 0 Å². The van der Waals surface area contributed by atoms with E-state index in [1.54, 1.807) is 6.29 Å². The van der Waals surface area contributed by atoms with Gasteiger partial charge in [-0.15, -0.1) is 11.3 Å². The average molecular weight is 271 g/mol. The number of allylic oxidation sites excluding steroid dienone is 1. The van der Waals surface area contributed by atoms with Gasteiger partial charge in [-0.25, -0.2) is 4.79 Å². The third-order valence-corrected chi connectivity index (χ3v) is 3.32. The Bertz CT molecular complexity index is 604. The van der Waals surface area contributed by atoms with Gasteiger partial charge < -0.3 is 11.1 Å². The van der Waals surface area contributed by atoms with Crippen molar-refractivity contribution < 1.29 is 9.59 Å². The highest BCUT2D eigenvalue weighted by atomic mass is 32.1. The van der Waals surface area contributed by atoms with Gasteiger partial charge in [-0.1, -0.05) is 36.4 Å². The molecule has 95 valence electrons. The fourth-order valence-electron chi connectivity index (χ4n) is 1.70. The lowest BCUT2D eigenvalue weighted by Gasteiger charge is -2.10. The molecule has 2 rings (SSSR count). The van der Waals surface area contributed by atoms with E-state index >= 15 is 0 Å². The molecule has 0 bridgehead atoms. The highest BCUT2D eigenvalue weighted by Crippen LogP contribution is 2.28. The maximum atomic E-state index is 11.1. The second-order valence-corrected chi connectivity index (χ2v) is 4.63. The first-order valence-electron chi connectivity index (χ1n) is 5.50. The van der Waals surface area contributed by atoms with Gasteiger partial charge in [-0.2, -0.15) is 0 Å². The molecule has 0 saturated heterocycles. The topological polar surface area (TPSA) is 72.2 Å². The molecule has 3 N–H and O–H groups in total. The Morgan fingerprint density at radius 2 is 1.89 bits per heavy atom. The number of nitrogens with one attached hydrogen (secondary N) is 1. The van der Waals surface area contributed by atoms with Crippen molar-refractivity contribution in [3.8, 4) is 0 Å². The van der Waals surface area contributed by atoms with E-state index in [2.05, 4.69) is 5.32 Å². The van der Waals surface area contributed by atoms with Crippen LogP contribution in [0, 0.1) is 0 Å². The number of carbonyl (C=O) groups excluding carboxylic acids is 2. The zero-order valence-corrected chi connectivity index (χ0v) is 10.7. The first-order valence-corrected chi connectivity index (χ1v) is 6.38. The average Bonchev–Trinajstić information content (AvgIpc) is 2.92. The normalized spacial score (nSPS) is 11.6. The summed E-state index contributed by atoms with van der Waals surface area (Å²) in [6, 6.07) is 12.3. The Morgan fingerprint density at radius 3 is 2.42 bits per heavy atom. The number of primary amides is 1. The van der Waals surface area contributed by atoms with E-state index in [9.17, 15) is 9.59 Å². The van der Waals surface area contributed by atoms with Crippen LogP contribution < -0.4 is 11.1 Å². The van der Waals surface area contributed by atoms with E-state index in [0.29, 0.717) is 5.57 Å². The largest absolute Gasteiger partial charge is 0.351 e. The Balaban J connectivity index is 2.60. The SMILES string of the molecule is NC(=O)NC([C]=O)=C(c1ccccc1)c1cccs1. The molecule has 2 aromatic rings. The molecule has 5 heteroatoms. The second-order valence-electron chi connectivity index (χ2n) is 3.68. The molecule has 19 heavy (non-hydrogen) atoms. The molecule has 1 aromatic carbocycles. The zero-order chi connectivity index (χ0) is 13.7. The van der Waals surface area contributed by atoms with Crippen LogP contribution in [0.1, 0.15) is 10.4 Å². The second kappa shape index (κ2) is 5.97. The highest BCUT2D eigenvalue weighted by Gasteiger charge is 2.14. The van der Waals surface area contributed by atoms with E-state index in [1.165, 1.54) is 11.3 Å². The van der Waals surface area contributed by atoms with Gasteiger partial charge in [0, 0.05) is 10.5 Å². The number of amides is 2. The van der Waals surface area contributed by atoms with Gasteiger partial charge in [0.2, 0.25) is 0 Å². The van der Waals surface area contributed by atoms with Crippen LogP contribution in [0.4, 0.5) is 4.79 Å². The smallest absolute Gasteiger partial charge is 0.316 e. The first-order chi connectivity index (χ1) is 9.22. The molecule has 0 aliphatic rings. The fourth-order valence-corrected chi connectivity index (χ4v) is 2.50. The van der Waals surface area contributed by atoms with Gasteiger partial charge in [0.05, 0.1) is 0 Å². The van der Waals surface area contributed by atoms with Crippen LogP contribution in [-0.4, -0.2) is 12.3 Å². The molecule has 2 amide bonds. The van der Waals surface area contributed by atoms with Crippen molar-refractivity contribution in [2.75, 3.05) is 0 Å². The summed E-state index contributed by atoms with van der Waals surface area (Å²) in [4.78, 5) is 22.9. The van der Waals surface area contributed by atoms with Crippen molar-refractivity contribution in [1.82, 2.24) is 5.32 Å². The number of hydrogen-bond acceptors (Lipinski definition) is 3. The van der Waals surface area contributed by atoms with Crippen LogP contribution in [-0.2, 0) is 4.79 Å². The molecule has 0 fully saturated rings. The maximum Gasteiger partial charge on any atom is 0.316 e. The van der Waals surface area contributed by atoms with Crippen molar-refractivity contribution in [3.63, 3.8) is 0 Å². The van der Waals surface area contributed by atoms with Gasteiger partial charge >= 0.3 is 6.03 Å². The third kappa shape index (κ3) is 3.08. The number of urea groups is 1. The highest BCUT2D eigenvalue weighted by molar-refractivity contribution is 7.11. The van der Waals surface area contributed by atoms with E-state index in [-0.39, 0.29) is 5.70 Å². The number of hydrogen-bond donors (Lipinski definition) is 2. The Morgan fingerprint density at radius 1 is 1.16 bits per heavy atom. The molecule has 1 radical (unpaired) electrons. The van der Waals surface area contributed by atoms with Crippen molar-refractivity contribution in [2.24, 2.45) is 5.73 Å². The molecule has 0 saturated carbocycles. The zero-order valence-electron chi connectivity index (χ0n) is 9.92. The maximum absolute atomic E-state index is 11.1. The van der Waals surface area contributed by atoms with E-state index in [0.717, 1.165) is 10.4 Å². The predicted molar refractivity (Wildman–Crippen MR) is 75.2 cm³/mol. The number of carbonyl (C=O) groups is 1. The first kappa shape index (κ1) is 13.0. The monoisotopic (exact) mass is 271 g/mol. The van der Waals surface area contributed by atoms with E-state index in [4.69, 9.17) is 5.73 Å². The Kier molecular flexibility index (Phi) is 4.10. The van der Waals surface area contributed by atoms with Gasteiger partial charge in [0.1, 0.15) is 5.70 Å². The van der Waals surface area contributed by atoms with Crippen molar-refractivity contribution in [1.29, 1.82) is 0 Å². The Hall–Kier alpha value is -2.40. The molecule has 0 spiro atoms. The van der Waals surface area contributed by atoms with Crippen LogP contribution in [0.15, 0.2) is 53.5 Å². The number of thiophene rings is 1. The fraction of sp³-hybridized carbons (Fsp3) is 0. The van der Waals surface area contributed by atoms with Gasteiger partial charge in [-0.3, -0.25) is 4.79 Å². The summed E-state index contributed by atoms with van der Waals surface area (Å²) in [5.41, 5.74) is 6.55. The van der Waals surface area contributed by atoms with Crippen LogP contribution in [0.5, 0.6) is 0 Å². The van der Waals surface area contributed by atoms with Crippen LogP contribution in [0.3, 0.4) is 0 Å². The molecule has 1 aromatic heterocycles. The molecule has 0 aliphatic heterocycles. The third-order valence-electron chi connectivity index (χ3n) is 2.43. The molecule has 0 atom stereocenters. The quantitative estimate of drug-likeness (QED) is 0.837. The molecule has 1 heterocycles. The number of rotatable bonds is 4. The summed E-state index contributed by atoms with van der Waals surface area (Å²) in [5.74, 6) is 0. The van der Waals surface area contributed by atoms with Crippen molar-refractivity contribution in [3.05, 3.63) is 64.0 Å². The molecule has 4 nitrogen and oxygen atoms in total. The molecule has 0 unspecified atom stereocenters. The predicted octanol–water partition coefficient (Wildman–Crippen LogP) is 2.29. The number of nitrogens with two attached hydrogens (primary N) is 1.